The summed E-state index contributed by atoms with van der Waals surface area (Å²) in [5.74, 6) is -0.849. The molecule has 1 amide bonds. The zero-order valence-electron chi connectivity index (χ0n) is 15.7. The molecular weight excluding hydrogens is 402 g/mol. The van der Waals surface area contributed by atoms with Crippen LogP contribution in [0.1, 0.15) is 23.7 Å². The number of nitrogens with one attached hydrogen (secondary N) is 1. The van der Waals surface area contributed by atoms with Crippen molar-refractivity contribution in [2.45, 2.75) is 23.0 Å². The maximum absolute atomic E-state index is 14.2. The molecule has 3 rings (SSSR count). The van der Waals surface area contributed by atoms with Gasteiger partial charge < -0.3 is 10.2 Å². The van der Waals surface area contributed by atoms with E-state index in [4.69, 9.17) is 0 Å². The Kier molecular flexibility index (Phi) is 8.73. The van der Waals surface area contributed by atoms with E-state index in [1.54, 1.807) is 0 Å². The normalized spacial score (nSPS) is 17.7. The number of piperidine rings is 1. The first kappa shape index (κ1) is 22.7. The lowest BCUT2D eigenvalue weighted by Gasteiger charge is -2.35. The fourth-order valence-corrected chi connectivity index (χ4v) is 4.59. The number of rotatable bonds is 6. The molecule has 0 aromatic heterocycles. The molecular formula is C21H25ClF2N2OS. The van der Waals surface area contributed by atoms with E-state index in [1.807, 2.05) is 42.3 Å². The SMILES string of the molecule is CNCC1CCCN(C(=O)C(Sc2ccc(F)cc2F)c2ccccc2)C1.Cl. The minimum Gasteiger partial charge on any atom is -0.341 e. The number of benzene rings is 2. The van der Waals surface area contributed by atoms with Crippen LogP contribution in [0.2, 0.25) is 0 Å². The van der Waals surface area contributed by atoms with E-state index in [0.717, 1.165) is 49.3 Å². The molecule has 0 bridgehead atoms. The van der Waals surface area contributed by atoms with E-state index in [0.29, 0.717) is 12.5 Å². The highest BCUT2D eigenvalue weighted by molar-refractivity contribution is 8.00. The van der Waals surface area contributed by atoms with Crippen LogP contribution < -0.4 is 5.32 Å². The quantitative estimate of drug-likeness (QED) is 0.681. The summed E-state index contributed by atoms with van der Waals surface area (Å²) in [7, 11) is 1.92. The molecule has 0 radical (unpaired) electrons. The number of nitrogens with zero attached hydrogens (tertiary/aromatic N) is 1. The van der Waals surface area contributed by atoms with Gasteiger partial charge in [-0.1, -0.05) is 30.3 Å². The molecule has 152 valence electrons. The van der Waals surface area contributed by atoms with Crippen molar-refractivity contribution in [2.75, 3.05) is 26.7 Å². The predicted octanol–water partition coefficient (Wildman–Crippen LogP) is 4.68. The summed E-state index contributed by atoms with van der Waals surface area (Å²) in [6.45, 7) is 2.30. The third-order valence-corrected chi connectivity index (χ3v) is 6.08. The van der Waals surface area contributed by atoms with Gasteiger partial charge in [-0.2, -0.15) is 0 Å². The Bertz CT molecular complexity index is 776. The number of thioether (sulfide) groups is 1. The second-order valence-electron chi connectivity index (χ2n) is 6.83. The van der Waals surface area contributed by atoms with E-state index in [-0.39, 0.29) is 23.2 Å². The molecule has 2 aromatic rings. The maximum Gasteiger partial charge on any atom is 0.240 e. The molecule has 1 heterocycles. The first-order valence-electron chi connectivity index (χ1n) is 9.18. The number of carbonyl (C=O) groups is 1. The van der Waals surface area contributed by atoms with Crippen LogP contribution in [-0.4, -0.2) is 37.5 Å². The highest BCUT2D eigenvalue weighted by Gasteiger charge is 2.31. The van der Waals surface area contributed by atoms with Gasteiger partial charge in [-0.3, -0.25) is 4.79 Å². The molecule has 1 aliphatic rings. The van der Waals surface area contributed by atoms with Crippen molar-refractivity contribution in [3.8, 4) is 0 Å². The minimum atomic E-state index is -0.638. The van der Waals surface area contributed by atoms with Gasteiger partial charge >= 0.3 is 0 Å². The molecule has 28 heavy (non-hydrogen) atoms. The van der Waals surface area contributed by atoms with Crippen molar-refractivity contribution in [1.29, 1.82) is 0 Å². The van der Waals surface area contributed by atoms with Gasteiger partial charge in [-0.05, 0) is 50.0 Å². The summed E-state index contributed by atoms with van der Waals surface area (Å²) in [5, 5.41) is 2.63. The van der Waals surface area contributed by atoms with E-state index in [2.05, 4.69) is 5.32 Å². The number of amides is 1. The summed E-state index contributed by atoms with van der Waals surface area (Å²) < 4.78 is 27.4. The molecule has 0 spiro atoms. The fraction of sp³-hybridized carbons (Fsp3) is 0.381. The third-order valence-electron chi connectivity index (χ3n) is 4.79. The van der Waals surface area contributed by atoms with E-state index in [1.165, 1.54) is 12.1 Å². The first-order valence-corrected chi connectivity index (χ1v) is 10.1. The van der Waals surface area contributed by atoms with Crippen LogP contribution in [-0.2, 0) is 4.79 Å². The molecule has 7 heteroatoms. The lowest BCUT2D eigenvalue weighted by atomic mass is 9.97. The largest absolute Gasteiger partial charge is 0.341 e. The molecule has 2 atom stereocenters. The third kappa shape index (κ3) is 5.69. The van der Waals surface area contributed by atoms with Crippen LogP contribution >= 0.6 is 24.2 Å². The molecule has 1 N–H and O–H groups in total. The van der Waals surface area contributed by atoms with Crippen LogP contribution in [0.3, 0.4) is 0 Å². The summed E-state index contributed by atoms with van der Waals surface area (Å²) in [6.07, 6.45) is 2.07. The Morgan fingerprint density at radius 2 is 2.00 bits per heavy atom. The van der Waals surface area contributed by atoms with Crippen LogP contribution in [0.15, 0.2) is 53.4 Å². The van der Waals surface area contributed by atoms with Crippen molar-refractivity contribution in [3.05, 3.63) is 65.7 Å². The fourth-order valence-electron chi connectivity index (χ4n) is 3.47. The van der Waals surface area contributed by atoms with Gasteiger partial charge in [-0.25, -0.2) is 8.78 Å². The van der Waals surface area contributed by atoms with Gasteiger partial charge in [0.1, 0.15) is 16.9 Å². The van der Waals surface area contributed by atoms with Gasteiger partial charge in [0.25, 0.3) is 0 Å². The predicted molar refractivity (Wildman–Crippen MR) is 112 cm³/mol. The topological polar surface area (TPSA) is 32.3 Å². The summed E-state index contributed by atoms with van der Waals surface area (Å²) in [4.78, 5) is 15.5. The number of hydrogen-bond acceptors (Lipinski definition) is 3. The average molecular weight is 427 g/mol. The average Bonchev–Trinajstić information content (AvgIpc) is 2.68. The van der Waals surface area contributed by atoms with Crippen LogP contribution in [0.5, 0.6) is 0 Å². The highest BCUT2D eigenvalue weighted by Crippen LogP contribution is 2.38. The molecule has 2 unspecified atom stereocenters. The number of halogens is 3. The van der Waals surface area contributed by atoms with Gasteiger partial charge in [0.2, 0.25) is 5.91 Å². The molecule has 3 nitrogen and oxygen atoms in total. The highest BCUT2D eigenvalue weighted by atomic mass is 35.5. The van der Waals surface area contributed by atoms with Crippen molar-refractivity contribution in [3.63, 3.8) is 0 Å². The lowest BCUT2D eigenvalue weighted by molar-refractivity contribution is -0.132. The van der Waals surface area contributed by atoms with Gasteiger partial charge in [0.05, 0.1) is 0 Å². The number of carbonyl (C=O) groups excluding carboxylic acids is 1. The van der Waals surface area contributed by atoms with Crippen LogP contribution in [0.4, 0.5) is 8.78 Å². The molecule has 1 aliphatic heterocycles. The zero-order chi connectivity index (χ0) is 19.2. The Morgan fingerprint density at radius 3 is 2.68 bits per heavy atom. The smallest absolute Gasteiger partial charge is 0.240 e. The minimum absolute atomic E-state index is 0. The molecule has 1 saturated heterocycles. The van der Waals surface area contributed by atoms with Crippen LogP contribution in [0.25, 0.3) is 0 Å². The van der Waals surface area contributed by atoms with E-state index < -0.39 is 16.9 Å². The zero-order valence-corrected chi connectivity index (χ0v) is 17.4. The maximum atomic E-state index is 14.2. The van der Waals surface area contributed by atoms with Crippen LogP contribution in [0, 0.1) is 17.6 Å². The lowest BCUT2D eigenvalue weighted by Crippen LogP contribution is -2.44. The second kappa shape index (κ2) is 10.8. The molecule has 1 fully saturated rings. The Hall–Kier alpha value is -1.63. The van der Waals surface area contributed by atoms with E-state index >= 15 is 0 Å². The molecule has 2 aromatic carbocycles. The molecule has 0 saturated carbocycles. The van der Waals surface area contributed by atoms with Crippen molar-refractivity contribution in [2.24, 2.45) is 5.92 Å². The Labute approximate surface area is 175 Å². The van der Waals surface area contributed by atoms with Gasteiger partial charge in [0, 0.05) is 24.1 Å². The summed E-state index contributed by atoms with van der Waals surface area (Å²) in [6, 6.07) is 12.9. The first-order chi connectivity index (χ1) is 13.1. The Morgan fingerprint density at radius 1 is 1.25 bits per heavy atom. The standard InChI is InChI=1S/C21H24F2N2OS.ClH/c1-24-13-15-6-5-11-25(14-15)21(26)20(16-7-3-2-4-8-16)27-19-10-9-17(22)12-18(19)23;/h2-4,7-10,12,15,20,24H,5-6,11,13-14H2,1H3;1H. The van der Waals surface area contributed by atoms with Crippen molar-refractivity contribution < 1.29 is 13.6 Å². The van der Waals surface area contributed by atoms with Crippen molar-refractivity contribution in [1.82, 2.24) is 10.2 Å². The van der Waals surface area contributed by atoms with Crippen molar-refractivity contribution >= 4 is 30.1 Å². The monoisotopic (exact) mass is 426 g/mol. The summed E-state index contributed by atoms with van der Waals surface area (Å²) >= 11 is 1.14. The number of hydrogen-bond donors (Lipinski definition) is 1. The Balaban J connectivity index is 0.00000280. The molecule has 0 aliphatic carbocycles. The second-order valence-corrected chi connectivity index (χ2v) is 7.98. The van der Waals surface area contributed by atoms with E-state index in [9.17, 15) is 13.6 Å². The number of likely N-dealkylation sites (tertiary alicyclic amines) is 1. The summed E-state index contributed by atoms with van der Waals surface area (Å²) in [5.41, 5.74) is 0.826. The van der Waals surface area contributed by atoms with Gasteiger partial charge in [-0.15, -0.1) is 24.2 Å². The van der Waals surface area contributed by atoms with Gasteiger partial charge in [0.15, 0.2) is 0 Å².